The maximum atomic E-state index is 9.93. The highest BCUT2D eigenvalue weighted by Crippen LogP contribution is 2.39. The van der Waals surface area contributed by atoms with Crippen LogP contribution in [0.4, 0.5) is 0 Å². The number of nitrogens with one attached hydrogen (secondary N) is 1. The van der Waals surface area contributed by atoms with Gasteiger partial charge in [-0.25, -0.2) is 0 Å². The van der Waals surface area contributed by atoms with E-state index in [9.17, 15) is 10.2 Å². The summed E-state index contributed by atoms with van der Waals surface area (Å²) in [6, 6.07) is 9.07. The fourth-order valence-electron chi connectivity index (χ4n) is 1.95. The van der Waals surface area contributed by atoms with E-state index in [1.165, 1.54) is 24.4 Å². The molecule has 1 heterocycles. The molecule has 7 heteroatoms. The van der Waals surface area contributed by atoms with E-state index >= 15 is 0 Å². The van der Waals surface area contributed by atoms with Crippen molar-refractivity contribution in [3.05, 3.63) is 52.6 Å². The van der Waals surface area contributed by atoms with Crippen LogP contribution in [-0.2, 0) is 0 Å². The molecule has 3 aromatic rings. The molecule has 0 aliphatic rings. The summed E-state index contributed by atoms with van der Waals surface area (Å²) in [7, 11) is 0. The van der Waals surface area contributed by atoms with E-state index in [2.05, 4.69) is 10.2 Å². The predicted molar refractivity (Wildman–Crippen MR) is 83.9 cm³/mol. The van der Waals surface area contributed by atoms with Crippen molar-refractivity contribution >= 4 is 23.2 Å². The van der Waals surface area contributed by atoms with Crippen LogP contribution in [0.15, 0.2) is 42.6 Å². The van der Waals surface area contributed by atoms with Gasteiger partial charge in [0.1, 0.15) is 22.9 Å². The maximum absolute atomic E-state index is 9.93. The molecule has 0 saturated heterocycles. The first kappa shape index (κ1) is 14.6. The number of hydrogen-bond acceptors (Lipinski definition) is 4. The van der Waals surface area contributed by atoms with Crippen molar-refractivity contribution in [1.29, 1.82) is 0 Å². The van der Waals surface area contributed by atoms with E-state index in [1.807, 2.05) is 0 Å². The second-order valence-electron chi connectivity index (χ2n) is 4.48. The average molecular weight is 337 g/mol. The quantitative estimate of drug-likeness (QED) is 0.653. The van der Waals surface area contributed by atoms with Gasteiger partial charge in [-0.3, -0.25) is 5.10 Å². The zero-order chi connectivity index (χ0) is 15.7. The van der Waals surface area contributed by atoms with Gasteiger partial charge in [-0.1, -0.05) is 23.2 Å². The number of ether oxygens (including phenoxy) is 1. The van der Waals surface area contributed by atoms with Gasteiger partial charge in [-0.05, 0) is 30.3 Å². The van der Waals surface area contributed by atoms with Gasteiger partial charge in [0.25, 0.3) is 0 Å². The first-order valence-corrected chi connectivity index (χ1v) is 6.99. The molecule has 22 heavy (non-hydrogen) atoms. The number of phenolic OH excluding ortho intramolecular Hbond substituents is 2. The topological polar surface area (TPSA) is 78.4 Å². The van der Waals surface area contributed by atoms with Gasteiger partial charge in [0.2, 0.25) is 0 Å². The molecule has 0 atom stereocenters. The molecule has 0 unspecified atom stereocenters. The zero-order valence-corrected chi connectivity index (χ0v) is 12.6. The molecular weight excluding hydrogens is 327 g/mol. The predicted octanol–water partition coefficient (Wildman–Crippen LogP) is 4.59. The molecule has 2 aromatic carbocycles. The van der Waals surface area contributed by atoms with E-state index in [0.717, 1.165) is 0 Å². The molecule has 112 valence electrons. The summed E-state index contributed by atoms with van der Waals surface area (Å²) in [5.74, 6) is 0.636. The van der Waals surface area contributed by atoms with Crippen LogP contribution in [0.5, 0.6) is 23.0 Å². The molecule has 0 spiro atoms. The number of halogens is 2. The Kier molecular flexibility index (Phi) is 3.83. The Morgan fingerprint density at radius 2 is 1.82 bits per heavy atom. The lowest BCUT2D eigenvalue weighted by atomic mass is 10.1. The molecule has 0 fully saturated rings. The molecule has 0 radical (unpaired) electrons. The fourth-order valence-corrected chi connectivity index (χ4v) is 2.39. The van der Waals surface area contributed by atoms with Crippen molar-refractivity contribution in [1.82, 2.24) is 10.2 Å². The molecule has 0 aliphatic heterocycles. The third kappa shape index (κ3) is 2.81. The molecule has 1 aromatic heterocycles. The minimum Gasteiger partial charge on any atom is -0.508 e. The number of phenols is 2. The van der Waals surface area contributed by atoms with Crippen molar-refractivity contribution < 1.29 is 14.9 Å². The normalized spacial score (nSPS) is 10.6. The third-order valence-electron chi connectivity index (χ3n) is 2.96. The van der Waals surface area contributed by atoms with Crippen molar-refractivity contribution in [2.24, 2.45) is 0 Å². The monoisotopic (exact) mass is 336 g/mol. The lowest BCUT2D eigenvalue weighted by Gasteiger charge is -2.09. The Morgan fingerprint density at radius 1 is 1.00 bits per heavy atom. The highest BCUT2D eigenvalue weighted by molar-refractivity contribution is 6.35. The van der Waals surface area contributed by atoms with Gasteiger partial charge < -0.3 is 14.9 Å². The van der Waals surface area contributed by atoms with E-state index in [4.69, 9.17) is 27.9 Å². The summed E-state index contributed by atoms with van der Waals surface area (Å²) in [4.78, 5) is 0. The Balaban J connectivity index is 1.98. The molecule has 0 aliphatic carbocycles. The van der Waals surface area contributed by atoms with Crippen LogP contribution in [-0.4, -0.2) is 20.4 Å². The summed E-state index contributed by atoms with van der Waals surface area (Å²) >= 11 is 11.9. The number of aromatic nitrogens is 2. The van der Waals surface area contributed by atoms with Gasteiger partial charge in [-0.15, -0.1) is 0 Å². The first-order valence-electron chi connectivity index (χ1n) is 6.23. The molecule has 0 saturated carbocycles. The van der Waals surface area contributed by atoms with Crippen LogP contribution in [0.2, 0.25) is 10.0 Å². The van der Waals surface area contributed by atoms with E-state index in [-0.39, 0.29) is 11.5 Å². The SMILES string of the molecule is Oc1ccc(-c2n[nH]cc2Oc2ccc(Cl)cc2Cl)c(O)c1. The Hall–Kier alpha value is -2.37. The number of aromatic amines is 1. The summed E-state index contributed by atoms with van der Waals surface area (Å²) in [6.07, 6.45) is 1.53. The van der Waals surface area contributed by atoms with Gasteiger partial charge >= 0.3 is 0 Å². The number of rotatable bonds is 3. The van der Waals surface area contributed by atoms with Gasteiger partial charge in [0, 0.05) is 16.7 Å². The second-order valence-corrected chi connectivity index (χ2v) is 5.32. The second kappa shape index (κ2) is 5.79. The van der Waals surface area contributed by atoms with E-state index < -0.39 is 0 Å². The van der Waals surface area contributed by atoms with Crippen molar-refractivity contribution in [2.45, 2.75) is 0 Å². The van der Waals surface area contributed by atoms with Gasteiger partial charge in [-0.2, -0.15) is 5.10 Å². The Labute approximate surface area is 135 Å². The zero-order valence-electron chi connectivity index (χ0n) is 11.0. The van der Waals surface area contributed by atoms with Crippen LogP contribution < -0.4 is 4.74 Å². The van der Waals surface area contributed by atoms with Gasteiger partial charge in [0.15, 0.2) is 5.75 Å². The summed E-state index contributed by atoms with van der Waals surface area (Å²) in [6.45, 7) is 0. The summed E-state index contributed by atoms with van der Waals surface area (Å²) in [5.41, 5.74) is 0.808. The molecular formula is C15H10Cl2N2O3. The van der Waals surface area contributed by atoms with E-state index in [0.29, 0.717) is 32.8 Å². The maximum Gasteiger partial charge on any atom is 0.173 e. The van der Waals surface area contributed by atoms with Crippen LogP contribution in [0.25, 0.3) is 11.3 Å². The smallest absolute Gasteiger partial charge is 0.173 e. The Morgan fingerprint density at radius 3 is 2.55 bits per heavy atom. The summed E-state index contributed by atoms with van der Waals surface area (Å²) < 4.78 is 5.72. The third-order valence-corrected chi connectivity index (χ3v) is 3.49. The average Bonchev–Trinajstić information content (AvgIpc) is 2.90. The standard InChI is InChI=1S/C15H10Cl2N2O3/c16-8-1-4-13(11(17)5-8)22-14-7-18-19-15(14)10-3-2-9(20)6-12(10)21/h1-7,20-21H,(H,18,19). The largest absolute Gasteiger partial charge is 0.508 e. The van der Waals surface area contributed by atoms with Crippen LogP contribution in [0.3, 0.4) is 0 Å². The molecule has 0 bridgehead atoms. The lowest BCUT2D eigenvalue weighted by Crippen LogP contribution is -1.88. The van der Waals surface area contributed by atoms with Crippen LogP contribution in [0, 0.1) is 0 Å². The van der Waals surface area contributed by atoms with Crippen molar-refractivity contribution in [3.8, 4) is 34.3 Å². The van der Waals surface area contributed by atoms with Crippen LogP contribution in [0.1, 0.15) is 0 Å². The molecule has 5 nitrogen and oxygen atoms in total. The van der Waals surface area contributed by atoms with E-state index in [1.54, 1.807) is 18.2 Å². The minimum absolute atomic E-state index is 0.0417. The molecule has 0 amide bonds. The number of benzene rings is 2. The highest BCUT2D eigenvalue weighted by atomic mass is 35.5. The Bertz CT molecular complexity index is 833. The molecule has 3 rings (SSSR count). The number of nitrogens with zero attached hydrogens (tertiary/aromatic N) is 1. The van der Waals surface area contributed by atoms with Crippen molar-refractivity contribution in [3.63, 3.8) is 0 Å². The minimum atomic E-state index is -0.112. The molecule has 3 N–H and O–H groups in total. The number of hydrogen-bond donors (Lipinski definition) is 3. The lowest BCUT2D eigenvalue weighted by molar-refractivity contribution is 0.450. The van der Waals surface area contributed by atoms with Gasteiger partial charge in [0.05, 0.1) is 11.2 Å². The van der Waals surface area contributed by atoms with Crippen LogP contribution >= 0.6 is 23.2 Å². The number of H-pyrrole nitrogens is 1. The fraction of sp³-hybridized carbons (Fsp3) is 0. The first-order chi connectivity index (χ1) is 10.5. The summed E-state index contributed by atoms with van der Waals surface area (Å²) in [5, 5.41) is 26.9. The van der Waals surface area contributed by atoms with Crippen molar-refractivity contribution in [2.75, 3.05) is 0 Å². The number of aromatic hydroxyl groups is 2. The highest BCUT2D eigenvalue weighted by Gasteiger charge is 2.16.